The van der Waals surface area contributed by atoms with Gasteiger partial charge in [-0.2, -0.15) is 0 Å². The zero-order valence-corrected chi connectivity index (χ0v) is 16.3. The summed E-state index contributed by atoms with van der Waals surface area (Å²) in [5.74, 6) is -1.06. The molecule has 3 heterocycles. The van der Waals surface area contributed by atoms with Crippen molar-refractivity contribution in [2.45, 2.75) is 38.3 Å². The molecule has 5 rings (SSSR count). The first-order chi connectivity index (χ1) is 14.0. The molecule has 1 fully saturated rings. The number of aromatic amines is 1. The molecule has 1 saturated carbocycles. The van der Waals surface area contributed by atoms with E-state index in [0.717, 1.165) is 28.6 Å². The van der Waals surface area contributed by atoms with Gasteiger partial charge in [-0.15, -0.1) is 5.10 Å². The Hall–Kier alpha value is -2.94. The number of fused-ring (bicyclic) bond motifs is 3. The Morgan fingerprint density at radius 1 is 1.34 bits per heavy atom. The molecular formula is C19H19ClN6O3. The monoisotopic (exact) mass is 414 g/mol. The van der Waals surface area contributed by atoms with E-state index in [1.165, 1.54) is 11.0 Å². The summed E-state index contributed by atoms with van der Waals surface area (Å²) in [7, 11) is 0. The number of nitrogens with one attached hydrogen (secondary N) is 1. The fraction of sp³-hybridized carbons (Fsp3) is 0.421. The van der Waals surface area contributed by atoms with E-state index in [-0.39, 0.29) is 12.5 Å². The highest BCUT2D eigenvalue weighted by Gasteiger charge is 2.56. The van der Waals surface area contributed by atoms with Crippen LogP contribution < -0.4 is 0 Å². The predicted molar refractivity (Wildman–Crippen MR) is 103 cm³/mol. The number of amides is 1. The molecule has 9 nitrogen and oxygen atoms in total. The molecule has 3 aromatic rings. The smallest absolute Gasteiger partial charge is 0.312 e. The Bertz CT molecular complexity index is 1100. The number of halogens is 1. The standard InChI is InChI=1S/C19H19ClN6O3/c20-11-2-3-14-13(8-11)12-4-7-26(15(27)9-25-10-21-23-24-25)17(16(12)22-14)19(18(28)29)5-1-6-19/h2-3,8,10,17,22H,1,4-7,9H2,(H,28,29). The number of aromatic nitrogens is 5. The highest BCUT2D eigenvalue weighted by molar-refractivity contribution is 6.31. The van der Waals surface area contributed by atoms with Gasteiger partial charge in [-0.05, 0) is 53.5 Å². The lowest BCUT2D eigenvalue weighted by molar-refractivity contribution is -0.166. The van der Waals surface area contributed by atoms with Gasteiger partial charge in [0.2, 0.25) is 5.91 Å². The molecular weight excluding hydrogens is 396 g/mol. The average Bonchev–Trinajstić information content (AvgIpc) is 3.28. The van der Waals surface area contributed by atoms with E-state index in [4.69, 9.17) is 11.6 Å². The number of rotatable bonds is 4. The number of aliphatic carboxylic acids is 1. The van der Waals surface area contributed by atoms with Crippen LogP contribution in [0.15, 0.2) is 24.5 Å². The summed E-state index contributed by atoms with van der Waals surface area (Å²) < 4.78 is 1.36. The van der Waals surface area contributed by atoms with E-state index in [0.29, 0.717) is 30.8 Å². The summed E-state index contributed by atoms with van der Waals surface area (Å²) in [4.78, 5) is 30.6. The maximum Gasteiger partial charge on any atom is 0.312 e. The number of carboxylic acids is 1. The Kier molecular flexibility index (Phi) is 4.09. The molecule has 1 aromatic carbocycles. The Morgan fingerprint density at radius 3 is 2.83 bits per heavy atom. The second kappa shape index (κ2) is 6.55. The summed E-state index contributed by atoms with van der Waals surface area (Å²) in [5, 5.41) is 22.6. The number of carboxylic acid groups (broad SMARTS) is 1. The molecule has 29 heavy (non-hydrogen) atoms. The number of tetrazole rings is 1. The molecule has 1 aliphatic heterocycles. The van der Waals surface area contributed by atoms with Crippen LogP contribution in [0.2, 0.25) is 5.02 Å². The number of H-pyrrole nitrogens is 1. The average molecular weight is 415 g/mol. The number of carbonyl (C=O) groups is 2. The highest BCUT2D eigenvalue weighted by atomic mass is 35.5. The Morgan fingerprint density at radius 2 is 2.17 bits per heavy atom. The van der Waals surface area contributed by atoms with Crippen molar-refractivity contribution in [1.82, 2.24) is 30.1 Å². The zero-order chi connectivity index (χ0) is 20.2. The van der Waals surface area contributed by atoms with Crippen LogP contribution in [0, 0.1) is 5.41 Å². The normalized spacial score (nSPS) is 20.3. The van der Waals surface area contributed by atoms with Gasteiger partial charge in [0.05, 0.1) is 11.5 Å². The molecule has 0 radical (unpaired) electrons. The Labute approximate surface area is 170 Å². The van der Waals surface area contributed by atoms with E-state index in [9.17, 15) is 14.7 Å². The first-order valence-corrected chi connectivity index (χ1v) is 9.91. The molecule has 0 spiro atoms. The second-order valence-corrected chi connectivity index (χ2v) is 8.21. The molecule has 0 saturated heterocycles. The summed E-state index contributed by atoms with van der Waals surface area (Å²) in [6.45, 7) is 0.410. The lowest BCUT2D eigenvalue weighted by Crippen LogP contribution is -2.54. The quantitative estimate of drug-likeness (QED) is 0.675. The van der Waals surface area contributed by atoms with Crippen molar-refractivity contribution in [1.29, 1.82) is 0 Å². The van der Waals surface area contributed by atoms with E-state index in [1.807, 2.05) is 12.1 Å². The van der Waals surface area contributed by atoms with E-state index in [2.05, 4.69) is 20.5 Å². The van der Waals surface area contributed by atoms with Gasteiger partial charge in [-0.3, -0.25) is 9.59 Å². The van der Waals surface area contributed by atoms with Gasteiger partial charge in [0.1, 0.15) is 12.9 Å². The van der Waals surface area contributed by atoms with Crippen molar-refractivity contribution in [2.24, 2.45) is 5.41 Å². The van der Waals surface area contributed by atoms with Crippen LogP contribution in [0.25, 0.3) is 10.9 Å². The lowest BCUT2D eigenvalue weighted by Gasteiger charge is -2.50. The number of benzene rings is 1. The minimum absolute atomic E-state index is 0.0272. The van der Waals surface area contributed by atoms with Crippen molar-refractivity contribution in [3.63, 3.8) is 0 Å². The van der Waals surface area contributed by atoms with Gasteiger partial charge in [0, 0.05) is 28.2 Å². The third kappa shape index (κ3) is 2.71. The SMILES string of the molecule is O=C(Cn1cnnn1)N1CCc2c([nH]c3ccc(Cl)cc23)C1C1(C(=O)O)CCC1. The van der Waals surface area contributed by atoms with Gasteiger partial charge in [0.25, 0.3) is 0 Å². The van der Waals surface area contributed by atoms with Crippen LogP contribution >= 0.6 is 11.6 Å². The van der Waals surface area contributed by atoms with Crippen LogP contribution in [-0.2, 0) is 22.6 Å². The molecule has 2 N–H and O–H groups in total. The second-order valence-electron chi connectivity index (χ2n) is 7.77. The third-order valence-electron chi connectivity index (χ3n) is 6.29. The molecule has 150 valence electrons. The first-order valence-electron chi connectivity index (χ1n) is 9.53. The van der Waals surface area contributed by atoms with Crippen LogP contribution in [0.1, 0.15) is 36.6 Å². The predicted octanol–water partition coefficient (Wildman–Crippen LogP) is 2.19. The number of hydrogen-bond donors (Lipinski definition) is 2. The Balaban J connectivity index is 1.62. The molecule has 2 aromatic heterocycles. The van der Waals surface area contributed by atoms with Gasteiger partial charge in [-0.25, -0.2) is 4.68 Å². The van der Waals surface area contributed by atoms with Gasteiger partial charge >= 0.3 is 5.97 Å². The number of hydrogen-bond acceptors (Lipinski definition) is 5. The summed E-state index contributed by atoms with van der Waals surface area (Å²) in [5.41, 5.74) is 1.77. The van der Waals surface area contributed by atoms with Gasteiger partial charge in [0.15, 0.2) is 0 Å². The molecule has 1 unspecified atom stereocenters. The van der Waals surface area contributed by atoms with Crippen LogP contribution in [-0.4, -0.2) is 53.6 Å². The van der Waals surface area contributed by atoms with Crippen molar-refractivity contribution in [3.8, 4) is 0 Å². The van der Waals surface area contributed by atoms with Crippen molar-refractivity contribution in [2.75, 3.05) is 6.54 Å². The maximum absolute atomic E-state index is 13.1. The highest BCUT2D eigenvalue weighted by Crippen LogP contribution is 2.55. The fourth-order valence-electron chi connectivity index (χ4n) is 4.75. The topological polar surface area (TPSA) is 117 Å². The maximum atomic E-state index is 13.1. The molecule has 1 aliphatic carbocycles. The number of carbonyl (C=O) groups excluding carboxylic acids is 1. The fourth-order valence-corrected chi connectivity index (χ4v) is 4.92. The number of nitrogens with zero attached hydrogens (tertiary/aromatic N) is 5. The van der Waals surface area contributed by atoms with Crippen LogP contribution in [0.4, 0.5) is 0 Å². The minimum Gasteiger partial charge on any atom is -0.481 e. The van der Waals surface area contributed by atoms with Crippen LogP contribution in [0.5, 0.6) is 0 Å². The van der Waals surface area contributed by atoms with Crippen molar-refractivity contribution in [3.05, 3.63) is 40.8 Å². The molecule has 10 heteroatoms. The molecule has 1 amide bonds. The summed E-state index contributed by atoms with van der Waals surface area (Å²) >= 11 is 6.20. The molecule has 0 bridgehead atoms. The molecule has 1 atom stereocenters. The van der Waals surface area contributed by atoms with Crippen molar-refractivity contribution >= 4 is 34.4 Å². The lowest BCUT2D eigenvalue weighted by atomic mass is 9.61. The summed E-state index contributed by atoms with van der Waals surface area (Å²) in [6.07, 6.45) is 3.92. The van der Waals surface area contributed by atoms with E-state index >= 15 is 0 Å². The minimum atomic E-state index is -0.990. The summed E-state index contributed by atoms with van der Waals surface area (Å²) in [6, 6.07) is 5.04. The zero-order valence-electron chi connectivity index (χ0n) is 15.5. The first kappa shape index (κ1) is 18.1. The third-order valence-corrected chi connectivity index (χ3v) is 6.53. The van der Waals surface area contributed by atoms with Gasteiger partial charge < -0.3 is 15.0 Å². The van der Waals surface area contributed by atoms with Crippen molar-refractivity contribution < 1.29 is 14.7 Å². The molecule has 2 aliphatic rings. The van der Waals surface area contributed by atoms with E-state index in [1.54, 1.807) is 11.0 Å². The van der Waals surface area contributed by atoms with Gasteiger partial charge in [-0.1, -0.05) is 18.0 Å². The largest absolute Gasteiger partial charge is 0.481 e. The van der Waals surface area contributed by atoms with E-state index < -0.39 is 17.4 Å². The van der Waals surface area contributed by atoms with Crippen LogP contribution in [0.3, 0.4) is 0 Å².